The molecule has 0 aromatic heterocycles. The second-order valence-electron chi connectivity index (χ2n) is 6.24. The van der Waals surface area contributed by atoms with E-state index in [1.54, 1.807) is 0 Å². The fourth-order valence-corrected chi connectivity index (χ4v) is 3.44. The van der Waals surface area contributed by atoms with Gasteiger partial charge in [-0.1, -0.05) is 6.92 Å². The van der Waals surface area contributed by atoms with Gasteiger partial charge in [-0.2, -0.15) is 5.26 Å². The molecule has 0 spiro atoms. The van der Waals surface area contributed by atoms with Crippen LogP contribution in [-0.4, -0.2) is 5.92 Å². The van der Waals surface area contributed by atoms with Crippen LogP contribution in [-0.2, 0) is 0 Å². The minimum absolute atomic E-state index is 0.00594. The molecule has 2 aliphatic carbocycles. The summed E-state index contributed by atoms with van der Waals surface area (Å²) in [6.45, 7) is 2.21. The summed E-state index contributed by atoms with van der Waals surface area (Å²) in [6.07, 6.45) is 5.31. The first kappa shape index (κ1) is 12.8. The molecule has 0 heterocycles. The van der Waals surface area contributed by atoms with Crippen LogP contribution in [0.1, 0.15) is 58.3 Å². The van der Waals surface area contributed by atoms with E-state index in [9.17, 15) is 14.0 Å². The fraction of sp³-hybridized carbons (Fsp3) is 0.929. The molecule has 1 atom stereocenters. The van der Waals surface area contributed by atoms with Gasteiger partial charge in [0, 0.05) is 12.8 Å². The molecule has 2 rings (SSSR count). The lowest BCUT2D eigenvalue weighted by molar-refractivity contribution is 0.00268. The normalized spacial score (nSPS) is 41.1. The molecule has 0 aliphatic heterocycles. The fourth-order valence-electron chi connectivity index (χ4n) is 3.44. The molecular formula is C14H21F2N. The first-order valence-corrected chi connectivity index (χ1v) is 6.74. The molecule has 0 saturated heterocycles. The summed E-state index contributed by atoms with van der Waals surface area (Å²) in [4.78, 5) is 0. The van der Waals surface area contributed by atoms with Crippen molar-refractivity contribution in [3.63, 3.8) is 0 Å². The molecule has 2 aliphatic rings. The van der Waals surface area contributed by atoms with Crippen LogP contribution in [0, 0.1) is 28.6 Å². The summed E-state index contributed by atoms with van der Waals surface area (Å²) in [7, 11) is 0. The van der Waals surface area contributed by atoms with Gasteiger partial charge in [-0.15, -0.1) is 0 Å². The highest BCUT2D eigenvalue weighted by Gasteiger charge is 2.44. The van der Waals surface area contributed by atoms with E-state index in [1.165, 1.54) is 0 Å². The van der Waals surface area contributed by atoms with E-state index in [-0.39, 0.29) is 24.2 Å². The van der Waals surface area contributed by atoms with E-state index in [2.05, 4.69) is 13.0 Å². The van der Waals surface area contributed by atoms with Gasteiger partial charge in [0.05, 0.1) is 11.5 Å². The molecule has 0 aromatic carbocycles. The van der Waals surface area contributed by atoms with Gasteiger partial charge in [-0.25, -0.2) is 8.78 Å². The first-order chi connectivity index (χ1) is 7.95. The average Bonchev–Trinajstić information content (AvgIpc) is 2.62. The third-order valence-corrected chi connectivity index (χ3v) is 4.65. The Hall–Kier alpha value is -0.650. The summed E-state index contributed by atoms with van der Waals surface area (Å²) in [5.74, 6) is -1.71. The van der Waals surface area contributed by atoms with E-state index in [1.807, 2.05) is 0 Å². The standard InChI is InChI=1S/C14H21F2N/c1-11-2-5-13(10-17,6-3-11)8-12-4-7-14(15,16)9-12/h11-12H,2-9H2,1H3. The number of hydrogen-bond donors (Lipinski definition) is 0. The SMILES string of the molecule is CC1CCC(C#N)(CC2CCC(F)(F)C2)CC1. The minimum Gasteiger partial charge on any atom is -0.207 e. The van der Waals surface area contributed by atoms with Crippen LogP contribution in [0.25, 0.3) is 0 Å². The molecule has 0 radical (unpaired) electrons. The Morgan fingerprint density at radius 1 is 1.18 bits per heavy atom. The summed E-state index contributed by atoms with van der Waals surface area (Å²) in [6, 6.07) is 2.45. The predicted molar refractivity (Wildman–Crippen MR) is 62.6 cm³/mol. The third kappa shape index (κ3) is 2.97. The molecule has 96 valence electrons. The van der Waals surface area contributed by atoms with Crippen molar-refractivity contribution in [1.29, 1.82) is 5.26 Å². The third-order valence-electron chi connectivity index (χ3n) is 4.65. The molecule has 1 nitrogen and oxygen atoms in total. The number of alkyl halides is 2. The summed E-state index contributed by atoms with van der Waals surface area (Å²) in [5.41, 5.74) is -0.294. The highest BCUT2D eigenvalue weighted by Crippen LogP contribution is 2.48. The number of nitriles is 1. The number of halogens is 2. The Balaban J connectivity index is 1.95. The van der Waals surface area contributed by atoms with E-state index in [0.29, 0.717) is 18.8 Å². The van der Waals surface area contributed by atoms with E-state index >= 15 is 0 Å². The Morgan fingerprint density at radius 2 is 1.82 bits per heavy atom. The van der Waals surface area contributed by atoms with Crippen LogP contribution in [0.2, 0.25) is 0 Å². The summed E-state index contributed by atoms with van der Waals surface area (Å²) >= 11 is 0. The van der Waals surface area contributed by atoms with Crippen molar-refractivity contribution in [3.05, 3.63) is 0 Å². The van der Waals surface area contributed by atoms with Crippen molar-refractivity contribution >= 4 is 0 Å². The molecule has 0 aromatic rings. The number of nitrogens with zero attached hydrogens (tertiary/aromatic N) is 1. The summed E-state index contributed by atoms with van der Waals surface area (Å²) in [5, 5.41) is 9.38. The van der Waals surface area contributed by atoms with Gasteiger partial charge in [0.25, 0.3) is 0 Å². The lowest BCUT2D eigenvalue weighted by atomic mass is 9.67. The quantitative estimate of drug-likeness (QED) is 0.696. The Bertz CT molecular complexity index is 311. The number of hydrogen-bond acceptors (Lipinski definition) is 1. The molecule has 1 unspecified atom stereocenters. The molecule has 0 bridgehead atoms. The largest absolute Gasteiger partial charge is 0.248 e. The van der Waals surface area contributed by atoms with E-state index < -0.39 is 5.92 Å². The molecule has 3 heteroatoms. The van der Waals surface area contributed by atoms with Gasteiger partial charge in [-0.05, 0) is 50.4 Å². The second-order valence-corrected chi connectivity index (χ2v) is 6.24. The maximum Gasteiger partial charge on any atom is 0.248 e. The molecule has 2 fully saturated rings. The van der Waals surface area contributed by atoms with Gasteiger partial charge >= 0.3 is 0 Å². The Kier molecular flexibility index (Phi) is 3.43. The summed E-state index contributed by atoms with van der Waals surface area (Å²) < 4.78 is 26.3. The Morgan fingerprint density at radius 3 is 2.29 bits per heavy atom. The van der Waals surface area contributed by atoms with E-state index in [4.69, 9.17) is 0 Å². The highest BCUT2D eigenvalue weighted by atomic mass is 19.3. The van der Waals surface area contributed by atoms with E-state index in [0.717, 1.165) is 25.7 Å². The smallest absolute Gasteiger partial charge is 0.207 e. The van der Waals surface area contributed by atoms with Gasteiger partial charge in [-0.3, -0.25) is 0 Å². The van der Waals surface area contributed by atoms with Crippen LogP contribution in [0.4, 0.5) is 8.78 Å². The van der Waals surface area contributed by atoms with Crippen molar-refractivity contribution < 1.29 is 8.78 Å². The second kappa shape index (κ2) is 4.55. The lowest BCUT2D eigenvalue weighted by Crippen LogP contribution is -2.27. The van der Waals surface area contributed by atoms with Crippen LogP contribution in [0.15, 0.2) is 0 Å². The average molecular weight is 241 g/mol. The van der Waals surface area contributed by atoms with Gasteiger partial charge in [0.15, 0.2) is 0 Å². The lowest BCUT2D eigenvalue weighted by Gasteiger charge is -2.35. The zero-order valence-corrected chi connectivity index (χ0v) is 10.5. The maximum atomic E-state index is 13.2. The molecular weight excluding hydrogens is 220 g/mol. The molecule has 0 N–H and O–H groups in total. The van der Waals surface area contributed by atoms with Crippen molar-refractivity contribution in [2.75, 3.05) is 0 Å². The number of rotatable bonds is 2. The van der Waals surface area contributed by atoms with Crippen LogP contribution in [0.3, 0.4) is 0 Å². The van der Waals surface area contributed by atoms with Crippen LogP contribution in [0.5, 0.6) is 0 Å². The van der Waals surface area contributed by atoms with Crippen LogP contribution < -0.4 is 0 Å². The zero-order chi connectivity index (χ0) is 12.5. The van der Waals surface area contributed by atoms with Crippen LogP contribution >= 0.6 is 0 Å². The highest BCUT2D eigenvalue weighted by molar-refractivity contribution is 5.03. The van der Waals surface area contributed by atoms with Gasteiger partial charge < -0.3 is 0 Å². The van der Waals surface area contributed by atoms with Gasteiger partial charge in [0.1, 0.15) is 0 Å². The molecule has 2 saturated carbocycles. The van der Waals surface area contributed by atoms with Crippen molar-refractivity contribution in [2.24, 2.45) is 17.3 Å². The van der Waals surface area contributed by atoms with Crippen molar-refractivity contribution in [1.82, 2.24) is 0 Å². The monoisotopic (exact) mass is 241 g/mol. The maximum absolute atomic E-state index is 13.2. The molecule has 17 heavy (non-hydrogen) atoms. The van der Waals surface area contributed by atoms with Gasteiger partial charge in [0.2, 0.25) is 5.92 Å². The first-order valence-electron chi connectivity index (χ1n) is 6.74. The topological polar surface area (TPSA) is 23.8 Å². The van der Waals surface area contributed by atoms with Crippen molar-refractivity contribution in [3.8, 4) is 6.07 Å². The Labute approximate surface area is 102 Å². The zero-order valence-electron chi connectivity index (χ0n) is 10.5. The minimum atomic E-state index is -2.47. The predicted octanol–water partition coefficient (Wildman–Crippen LogP) is 4.53. The van der Waals surface area contributed by atoms with Crippen molar-refractivity contribution in [2.45, 2.75) is 64.2 Å². The molecule has 0 amide bonds.